The summed E-state index contributed by atoms with van der Waals surface area (Å²) in [6.45, 7) is 0. The standard InChI is InChI=1S/C13H19FN2O2S2/c1-19-10-4-2-3-9(7-10)16-13-6-5-11(8-12(13)14)20(15,17)18/h5-6,8-10,16H,2-4,7H2,1H3,(H2,15,17,18). The molecule has 1 aromatic carbocycles. The zero-order chi connectivity index (χ0) is 14.8. The molecule has 0 amide bonds. The highest BCUT2D eigenvalue weighted by molar-refractivity contribution is 7.99. The van der Waals surface area contributed by atoms with E-state index in [1.54, 1.807) is 0 Å². The van der Waals surface area contributed by atoms with E-state index in [0.29, 0.717) is 10.9 Å². The Labute approximate surface area is 123 Å². The summed E-state index contributed by atoms with van der Waals surface area (Å²) in [5, 5.41) is 8.75. The SMILES string of the molecule is CSC1CCCC(Nc2ccc(S(N)(=O)=O)cc2F)C1. The molecular weight excluding hydrogens is 299 g/mol. The fraction of sp³-hybridized carbons (Fsp3) is 0.538. The summed E-state index contributed by atoms with van der Waals surface area (Å²) in [5.74, 6) is -0.581. The number of primary sulfonamides is 1. The smallest absolute Gasteiger partial charge is 0.238 e. The van der Waals surface area contributed by atoms with E-state index in [-0.39, 0.29) is 10.9 Å². The topological polar surface area (TPSA) is 72.2 Å². The minimum Gasteiger partial charge on any atom is -0.380 e. The Balaban J connectivity index is 2.10. The fourth-order valence-corrected chi connectivity index (χ4v) is 3.85. The number of thioether (sulfide) groups is 1. The Morgan fingerprint density at radius 2 is 2.15 bits per heavy atom. The highest BCUT2D eigenvalue weighted by Gasteiger charge is 2.22. The summed E-state index contributed by atoms with van der Waals surface area (Å²) >= 11 is 1.84. The molecule has 112 valence electrons. The number of nitrogens with one attached hydrogen (secondary N) is 1. The maximum absolute atomic E-state index is 13.9. The van der Waals surface area contributed by atoms with Gasteiger partial charge in [0, 0.05) is 11.3 Å². The first-order valence-electron chi connectivity index (χ1n) is 6.52. The molecule has 4 nitrogen and oxygen atoms in total. The molecule has 1 aliphatic carbocycles. The molecule has 1 aromatic rings. The monoisotopic (exact) mass is 318 g/mol. The summed E-state index contributed by atoms with van der Waals surface area (Å²) in [5.41, 5.74) is 0.337. The van der Waals surface area contributed by atoms with Gasteiger partial charge in [-0.15, -0.1) is 0 Å². The lowest BCUT2D eigenvalue weighted by Gasteiger charge is -2.29. The van der Waals surface area contributed by atoms with Crippen LogP contribution in [0.1, 0.15) is 25.7 Å². The minimum absolute atomic E-state index is 0.203. The van der Waals surface area contributed by atoms with E-state index >= 15 is 0 Å². The van der Waals surface area contributed by atoms with Gasteiger partial charge in [-0.2, -0.15) is 11.8 Å². The molecule has 2 unspecified atom stereocenters. The molecule has 0 radical (unpaired) electrons. The van der Waals surface area contributed by atoms with Crippen molar-refractivity contribution in [1.29, 1.82) is 0 Å². The van der Waals surface area contributed by atoms with E-state index in [1.165, 1.54) is 18.6 Å². The summed E-state index contributed by atoms with van der Waals surface area (Å²) in [4.78, 5) is -0.203. The van der Waals surface area contributed by atoms with Crippen LogP contribution < -0.4 is 10.5 Å². The third kappa shape index (κ3) is 3.86. The summed E-state index contributed by atoms with van der Waals surface area (Å²) in [6.07, 6.45) is 6.42. The average molecular weight is 318 g/mol. The van der Waals surface area contributed by atoms with Gasteiger partial charge in [-0.05, 0) is 43.7 Å². The van der Waals surface area contributed by atoms with Crippen molar-refractivity contribution in [2.24, 2.45) is 5.14 Å². The lowest BCUT2D eigenvalue weighted by atomic mass is 9.94. The van der Waals surface area contributed by atoms with Crippen LogP contribution in [0.2, 0.25) is 0 Å². The van der Waals surface area contributed by atoms with Crippen LogP contribution in [0.25, 0.3) is 0 Å². The molecular formula is C13H19FN2O2S2. The molecule has 1 aliphatic rings. The van der Waals surface area contributed by atoms with E-state index in [1.807, 2.05) is 11.8 Å². The largest absolute Gasteiger partial charge is 0.380 e. The van der Waals surface area contributed by atoms with Crippen LogP contribution in [0.5, 0.6) is 0 Å². The van der Waals surface area contributed by atoms with E-state index in [4.69, 9.17) is 5.14 Å². The van der Waals surface area contributed by atoms with Gasteiger partial charge in [0.25, 0.3) is 0 Å². The first-order valence-corrected chi connectivity index (χ1v) is 9.35. The third-order valence-corrected chi connectivity index (χ3v) is 5.59. The van der Waals surface area contributed by atoms with Gasteiger partial charge < -0.3 is 5.32 Å². The summed E-state index contributed by atoms with van der Waals surface area (Å²) < 4.78 is 36.2. The quantitative estimate of drug-likeness (QED) is 0.895. The van der Waals surface area contributed by atoms with Crippen LogP contribution in [-0.4, -0.2) is 26.0 Å². The number of rotatable bonds is 4. The molecule has 1 fully saturated rings. The van der Waals surface area contributed by atoms with Crippen LogP contribution in [-0.2, 0) is 10.0 Å². The number of nitrogens with two attached hydrogens (primary N) is 1. The molecule has 2 atom stereocenters. The number of sulfonamides is 1. The predicted molar refractivity (Wildman–Crippen MR) is 81.0 cm³/mol. The lowest BCUT2D eigenvalue weighted by Crippen LogP contribution is -2.28. The zero-order valence-electron chi connectivity index (χ0n) is 11.3. The van der Waals surface area contributed by atoms with E-state index < -0.39 is 15.8 Å². The highest BCUT2D eigenvalue weighted by atomic mass is 32.2. The van der Waals surface area contributed by atoms with Crippen molar-refractivity contribution in [2.45, 2.75) is 41.9 Å². The number of hydrogen-bond acceptors (Lipinski definition) is 4. The Bertz CT molecular complexity index is 578. The molecule has 0 aromatic heterocycles. The number of anilines is 1. The Morgan fingerprint density at radius 3 is 2.75 bits per heavy atom. The van der Waals surface area contributed by atoms with Crippen LogP contribution in [0, 0.1) is 5.82 Å². The van der Waals surface area contributed by atoms with Crippen LogP contribution >= 0.6 is 11.8 Å². The molecule has 7 heteroatoms. The van der Waals surface area contributed by atoms with Gasteiger partial charge in [0.2, 0.25) is 10.0 Å². The van der Waals surface area contributed by atoms with Gasteiger partial charge in [0.15, 0.2) is 0 Å². The molecule has 20 heavy (non-hydrogen) atoms. The number of benzene rings is 1. The minimum atomic E-state index is -3.86. The summed E-state index contributed by atoms with van der Waals surface area (Å²) in [7, 11) is -3.86. The van der Waals surface area contributed by atoms with Crippen molar-refractivity contribution < 1.29 is 12.8 Å². The summed E-state index contributed by atoms with van der Waals surface area (Å²) in [6, 6.07) is 3.97. The number of halogens is 1. The maximum Gasteiger partial charge on any atom is 0.238 e. The molecule has 2 rings (SSSR count). The Morgan fingerprint density at radius 1 is 1.40 bits per heavy atom. The molecule has 3 N–H and O–H groups in total. The predicted octanol–water partition coefficient (Wildman–Crippen LogP) is 2.56. The molecule has 1 saturated carbocycles. The van der Waals surface area contributed by atoms with Gasteiger partial charge in [-0.1, -0.05) is 6.42 Å². The maximum atomic E-state index is 13.9. The van der Waals surface area contributed by atoms with Gasteiger partial charge in [0.1, 0.15) is 5.82 Å². The Hall–Kier alpha value is -0.790. The first kappa shape index (κ1) is 15.6. The van der Waals surface area contributed by atoms with Gasteiger partial charge in [-0.3, -0.25) is 0 Å². The van der Waals surface area contributed by atoms with E-state index in [9.17, 15) is 12.8 Å². The van der Waals surface area contributed by atoms with Crippen molar-refractivity contribution in [3.05, 3.63) is 24.0 Å². The van der Waals surface area contributed by atoms with Crippen LogP contribution in [0.15, 0.2) is 23.1 Å². The van der Waals surface area contributed by atoms with Crippen LogP contribution in [0.4, 0.5) is 10.1 Å². The second-order valence-corrected chi connectivity index (χ2v) is 7.75. The van der Waals surface area contributed by atoms with Crippen molar-refractivity contribution in [3.8, 4) is 0 Å². The lowest BCUT2D eigenvalue weighted by molar-refractivity contribution is 0.471. The Kier molecular flexibility index (Phi) is 4.93. The number of hydrogen-bond donors (Lipinski definition) is 2. The van der Waals surface area contributed by atoms with E-state index in [0.717, 1.165) is 25.3 Å². The van der Waals surface area contributed by atoms with E-state index in [2.05, 4.69) is 11.6 Å². The normalized spacial score (nSPS) is 23.6. The van der Waals surface area contributed by atoms with Crippen molar-refractivity contribution in [1.82, 2.24) is 0 Å². The molecule has 0 saturated heterocycles. The second kappa shape index (κ2) is 6.32. The third-order valence-electron chi connectivity index (χ3n) is 3.59. The van der Waals surface area contributed by atoms with Gasteiger partial charge in [0.05, 0.1) is 10.6 Å². The van der Waals surface area contributed by atoms with Gasteiger partial charge in [-0.25, -0.2) is 17.9 Å². The van der Waals surface area contributed by atoms with Crippen LogP contribution in [0.3, 0.4) is 0 Å². The van der Waals surface area contributed by atoms with Crippen molar-refractivity contribution in [2.75, 3.05) is 11.6 Å². The average Bonchev–Trinajstić information content (AvgIpc) is 2.40. The zero-order valence-corrected chi connectivity index (χ0v) is 12.9. The van der Waals surface area contributed by atoms with Crippen molar-refractivity contribution >= 4 is 27.5 Å². The second-order valence-electron chi connectivity index (χ2n) is 5.05. The molecule has 0 aliphatic heterocycles. The molecule has 0 heterocycles. The van der Waals surface area contributed by atoms with Crippen molar-refractivity contribution in [3.63, 3.8) is 0 Å². The first-order chi connectivity index (χ1) is 9.40. The molecule has 0 bridgehead atoms. The fourth-order valence-electron chi connectivity index (χ4n) is 2.50. The van der Waals surface area contributed by atoms with Gasteiger partial charge >= 0.3 is 0 Å². The molecule has 0 spiro atoms. The highest BCUT2D eigenvalue weighted by Crippen LogP contribution is 2.29.